The van der Waals surface area contributed by atoms with Crippen molar-refractivity contribution in [1.82, 2.24) is 15.2 Å². The van der Waals surface area contributed by atoms with Crippen molar-refractivity contribution in [3.05, 3.63) is 24.3 Å². The lowest BCUT2D eigenvalue weighted by Crippen LogP contribution is -2.13. The number of hydrogen-bond acceptors (Lipinski definition) is 5. The second kappa shape index (κ2) is 5.54. The minimum Gasteiger partial charge on any atom is -0.497 e. The fourth-order valence-electron chi connectivity index (χ4n) is 1.32. The van der Waals surface area contributed by atoms with Crippen LogP contribution in [-0.4, -0.2) is 34.0 Å². The van der Waals surface area contributed by atoms with E-state index in [1.165, 1.54) is 11.8 Å². The summed E-state index contributed by atoms with van der Waals surface area (Å²) in [6.07, 6.45) is 0. The first-order valence-corrected chi connectivity index (χ1v) is 6.15. The van der Waals surface area contributed by atoms with Crippen LogP contribution in [0.5, 0.6) is 5.75 Å². The maximum absolute atomic E-state index is 10.6. The fraction of sp³-hybridized carbons (Fsp3) is 0.182. The van der Waals surface area contributed by atoms with Gasteiger partial charge < -0.3 is 10.5 Å². The quantitative estimate of drug-likeness (QED) is 0.787. The molecule has 0 saturated carbocycles. The molecule has 1 aromatic heterocycles. The molecule has 0 fully saturated rings. The number of carbonyl (C=O) groups is 1. The highest BCUT2D eigenvalue weighted by Crippen LogP contribution is 2.21. The molecule has 2 rings (SSSR count). The molecule has 0 unspecified atom stereocenters. The Morgan fingerprint density at radius 2 is 2.17 bits per heavy atom. The van der Waals surface area contributed by atoms with Crippen LogP contribution in [0.15, 0.2) is 29.4 Å². The number of thioether (sulfide) groups is 1. The highest BCUT2D eigenvalue weighted by molar-refractivity contribution is 7.99. The Kier molecular flexibility index (Phi) is 3.83. The average molecular weight is 264 g/mol. The molecule has 0 atom stereocenters. The summed E-state index contributed by atoms with van der Waals surface area (Å²) < 4.78 is 5.07. The number of hydrogen-bond donors (Lipinski definition) is 2. The summed E-state index contributed by atoms with van der Waals surface area (Å²) in [6.45, 7) is 0. The molecule has 0 aliphatic rings. The number of H-pyrrole nitrogens is 1. The number of nitrogens with two attached hydrogens (primary N) is 1. The summed E-state index contributed by atoms with van der Waals surface area (Å²) in [4.78, 5) is 14.9. The summed E-state index contributed by atoms with van der Waals surface area (Å²) in [7, 11) is 1.61. The van der Waals surface area contributed by atoms with Crippen LogP contribution in [0.3, 0.4) is 0 Å². The van der Waals surface area contributed by atoms with Gasteiger partial charge in [0.2, 0.25) is 11.1 Å². The van der Waals surface area contributed by atoms with Gasteiger partial charge in [-0.3, -0.25) is 9.89 Å². The topological polar surface area (TPSA) is 93.9 Å². The third-order valence-electron chi connectivity index (χ3n) is 2.17. The molecule has 94 valence electrons. The predicted octanol–water partition coefficient (Wildman–Crippen LogP) is 1.06. The number of rotatable bonds is 5. The Balaban J connectivity index is 2.10. The summed E-state index contributed by atoms with van der Waals surface area (Å²) in [5.41, 5.74) is 5.95. The first-order valence-electron chi connectivity index (χ1n) is 5.17. The Hall–Kier alpha value is -2.02. The molecule has 3 N–H and O–H groups in total. The van der Waals surface area contributed by atoms with Gasteiger partial charge in [0.25, 0.3) is 0 Å². The highest BCUT2D eigenvalue weighted by atomic mass is 32.2. The zero-order chi connectivity index (χ0) is 13.0. The maximum atomic E-state index is 10.6. The van der Waals surface area contributed by atoms with Gasteiger partial charge in [0.1, 0.15) is 5.75 Å². The number of nitrogens with one attached hydrogen (secondary N) is 1. The van der Waals surface area contributed by atoms with Crippen molar-refractivity contribution in [2.45, 2.75) is 5.16 Å². The van der Waals surface area contributed by atoms with Crippen LogP contribution < -0.4 is 10.5 Å². The molecule has 1 aromatic carbocycles. The second-order valence-corrected chi connectivity index (χ2v) is 4.39. The highest BCUT2D eigenvalue weighted by Gasteiger charge is 2.07. The molecule has 0 aliphatic heterocycles. The first kappa shape index (κ1) is 12.4. The van der Waals surface area contributed by atoms with E-state index in [0.29, 0.717) is 11.0 Å². The third kappa shape index (κ3) is 3.01. The van der Waals surface area contributed by atoms with Crippen molar-refractivity contribution in [1.29, 1.82) is 0 Å². The van der Waals surface area contributed by atoms with Crippen molar-refractivity contribution in [3.8, 4) is 17.1 Å². The van der Waals surface area contributed by atoms with Crippen LogP contribution >= 0.6 is 11.8 Å². The normalized spacial score (nSPS) is 10.3. The van der Waals surface area contributed by atoms with Gasteiger partial charge in [-0.1, -0.05) is 11.8 Å². The molecule has 0 saturated heterocycles. The van der Waals surface area contributed by atoms with Crippen LogP contribution in [0.4, 0.5) is 0 Å². The number of primary amides is 1. The minimum absolute atomic E-state index is 0.167. The first-order chi connectivity index (χ1) is 8.69. The third-order valence-corrected chi connectivity index (χ3v) is 3.04. The van der Waals surface area contributed by atoms with Crippen molar-refractivity contribution in [3.63, 3.8) is 0 Å². The molecule has 1 amide bonds. The van der Waals surface area contributed by atoms with Crippen LogP contribution in [0.2, 0.25) is 0 Å². The number of methoxy groups -OCH3 is 1. The summed E-state index contributed by atoms with van der Waals surface area (Å²) in [5.74, 6) is 1.20. The minimum atomic E-state index is -0.393. The Bertz CT molecular complexity index is 538. The zero-order valence-corrected chi connectivity index (χ0v) is 10.5. The van der Waals surface area contributed by atoms with Gasteiger partial charge >= 0.3 is 0 Å². The number of carbonyl (C=O) groups excluding carboxylic acids is 1. The van der Waals surface area contributed by atoms with E-state index in [0.717, 1.165) is 11.3 Å². The molecule has 6 nitrogen and oxygen atoms in total. The summed E-state index contributed by atoms with van der Waals surface area (Å²) >= 11 is 1.20. The van der Waals surface area contributed by atoms with E-state index in [4.69, 9.17) is 10.5 Å². The molecule has 7 heteroatoms. The number of ether oxygens (including phenoxy) is 1. The molecule has 0 aliphatic carbocycles. The van der Waals surface area contributed by atoms with Gasteiger partial charge in [0, 0.05) is 5.56 Å². The molecule has 2 aromatic rings. The molecule has 0 radical (unpaired) electrons. The van der Waals surface area contributed by atoms with Crippen LogP contribution in [0.25, 0.3) is 11.4 Å². The van der Waals surface area contributed by atoms with Crippen LogP contribution in [0, 0.1) is 0 Å². The van der Waals surface area contributed by atoms with E-state index >= 15 is 0 Å². The van der Waals surface area contributed by atoms with Gasteiger partial charge in [-0.05, 0) is 24.3 Å². The smallest absolute Gasteiger partial charge is 0.227 e. The predicted molar refractivity (Wildman–Crippen MR) is 68.3 cm³/mol. The Labute approximate surface area is 108 Å². The van der Waals surface area contributed by atoms with Crippen LogP contribution in [-0.2, 0) is 4.79 Å². The maximum Gasteiger partial charge on any atom is 0.227 e. The lowest BCUT2D eigenvalue weighted by molar-refractivity contribution is -0.115. The lowest BCUT2D eigenvalue weighted by atomic mass is 10.2. The largest absolute Gasteiger partial charge is 0.497 e. The zero-order valence-electron chi connectivity index (χ0n) is 9.71. The summed E-state index contributed by atoms with van der Waals surface area (Å²) in [6, 6.07) is 7.44. The van der Waals surface area contributed by atoms with E-state index in [2.05, 4.69) is 15.2 Å². The number of nitrogens with zero attached hydrogens (tertiary/aromatic N) is 2. The average Bonchev–Trinajstić information content (AvgIpc) is 2.85. The monoisotopic (exact) mass is 264 g/mol. The number of benzene rings is 1. The molecular weight excluding hydrogens is 252 g/mol. The number of amides is 1. The van der Waals surface area contributed by atoms with Crippen molar-refractivity contribution in [2.24, 2.45) is 5.73 Å². The molecule has 1 heterocycles. The Morgan fingerprint density at radius 1 is 1.44 bits per heavy atom. The van der Waals surface area contributed by atoms with Gasteiger partial charge in [0.05, 0.1) is 12.9 Å². The van der Waals surface area contributed by atoms with E-state index in [-0.39, 0.29) is 5.75 Å². The van der Waals surface area contributed by atoms with E-state index < -0.39 is 5.91 Å². The number of aromatic amines is 1. The Morgan fingerprint density at radius 3 is 2.78 bits per heavy atom. The van der Waals surface area contributed by atoms with Gasteiger partial charge in [0.15, 0.2) is 5.82 Å². The van der Waals surface area contributed by atoms with Crippen molar-refractivity contribution < 1.29 is 9.53 Å². The molecule has 0 bridgehead atoms. The van der Waals surface area contributed by atoms with Gasteiger partial charge in [-0.2, -0.15) is 0 Å². The number of aromatic nitrogens is 3. The van der Waals surface area contributed by atoms with Crippen molar-refractivity contribution >= 4 is 17.7 Å². The molecular formula is C11H12N4O2S. The van der Waals surface area contributed by atoms with Gasteiger partial charge in [-0.25, -0.2) is 4.98 Å². The fourth-order valence-corrected chi connectivity index (χ4v) is 1.86. The molecule has 18 heavy (non-hydrogen) atoms. The lowest BCUT2D eigenvalue weighted by Gasteiger charge is -1.99. The summed E-state index contributed by atoms with van der Waals surface area (Å²) in [5, 5.41) is 7.30. The van der Waals surface area contributed by atoms with E-state index in [1.54, 1.807) is 7.11 Å². The van der Waals surface area contributed by atoms with Crippen LogP contribution in [0.1, 0.15) is 0 Å². The van der Waals surface area contributed by atoms with Crippen molar-refractivity contribution in [2.75, 3.05) is 12.9 Å². The van der Waals surface area contributed by atoms with E-state index in [1.807, 2.05) is 24.3 Å². The van der Waals surface area contributed by atoms with E-state index in [9.17, 15) is 4.79 Å². The second-order valence-electron chi connectivity index (χ2n) is 3.45. The SMILES string of the molecule is COc1ccc(-c2nc(SCC(N)=O)n[nH]2)cc1. The molecule has 0 spiro atoms. The van der Waals surface area contributed by atoms with Gasteiger partial charge in [-0.15, -0.1) is 5.10 Å². The standard InChI is InChI=1S/C11H12N4O2S/c1-17-8-4-2-7(3-5-8)10-13-11(15-14-10)18-6-9(12)16/h2-5H,6H2,1H3,(H2,12,16)(H,13,14,15).